The van der Waals surface area contributed by atoms with E-state index in [2.05, 4.69) is 47.4 Å². The fourth-order valence-electron chi connectivity index (χ4n) is 3.76. The minimum absolute atomic E-state index is 0.00793. The van der Waals surface area contributed by atoms with Crippen LogP contribution in [0.25, 0.3) is 16.2 Å². The zero-order valence-electron chi connectivity index (χ0n) is 17.3. The van der Waals surface area contributed by atoms with E-state index < -0.39 is 0 Å². The second-order valence-corrected chi connectivity index (χ2v) is 9.47. The van der Waals surface area contributed by atoms with Crippen LogP contribution in [0.2, 0.25) is 0 Å². The van der Waals surface area contributed by atoms with Crippen LogP contribution in [0, 0.1) is 19.8 Å². The van der Waals surface area contributed by atoms with E-state index in [0.29, 0.717) is 11.5 Å². The molecule has 1 saturated heterocycles. The van der Waals surface area contributed by atoms with Crippen LogP contribution in [0.15, 0.2) is 23.6 Å². The van der Waals surface area contributed by atoms with Crippen molar-refractivity contribution in [3.8, 4) is 11.3 Å². The van der Waals surface area contributed by atoms with Crippen LogP contribution in [0.4, 0.5) is 5.95 Å². The summed E-state index contributed by atoms with van der Waals surface area (Å²) in [4.78, 5) is 31.9. The molecule has 7 nitrogen and oxygen atoms in total. The number of thiazole rings is 1. The number of anilines is 1. The van der Waals surface area contributed by atoms with Crippen LogP contribution in [0.1, 0.15) is 38.3 Å². The van der Waals surface area contributed by atoms with Crippen molar-refractivity contribution in [2.24, 2.45) is 5.92 Å². The van der Waals surface area contributed by atoms with Gasteiger partial charge in [-0.15, -0.1) is 16.4 Å². The molecule has 2 aromatic heterocycles. The molecule has 1 aliphatic heterocycles. The number of rotatable bonds is 3. The van der Waals surface area contributed by atoms with Crippen LogP contribution < -0.4 is 5.32 Å². The number of likely N-dealkylation sites (tertiary alicyclic amines) is 1. The van der Waals surface area contributed by atoms with Gasteiger partial charge in [0.2, 0.25) is 22.7 Å². The molecule has 3 heterocycles. The highest BCUT2D eigenvalue weighted by molar-refractivity contribution is 7.15. The Balaban J connectivity index is 1.55. The third-order valence-electron chi connectivity index (χ3n) is 5.28. The van der Waals surface area contributed by atoms with E-state index in [1.807, 2.05) is 26.2 Å². The Kier molecular flexibility index (Phi) is 4.69. The average Bonchev–Trinajstić information content (AvgIpc) is 3.29. The quantitative estimate of drug-likeness (QED) is 0.713. The van der Waals surface area contributed by atoms with E-state index in [9.17, 15) is 9.59 Å². The predicted molar refractivity (Wildman–Crippen MR) is 114 cm³/mol. The van der Waals surface area contributed by atoms with Gasteiger partial charge in [-0.3, -0.25) is 14.9 Å². The van der Waals surface area contributed by atoms with Gasteiger partial charge in [0.1, 0.15) is 0 Å². The average molecular weight is 412 g/mol. The number of carbonyl (C=O) groups excluding carboxylic acids is 2. The number of amides is 2. The molecule has 1 aromatic carbocycles. The Morgan fingerprint density at radius 1 is 1.28 bits per heavy atom. The van der Waals surface area contributed by atoms with Crippen LogP contribution in [0.5, 0.6) is 0 Å². The number of aromatic nitrogens is 3. The number of carbonyl (C=O) groups is 2. The zero-order valence-corrected chi connectivity index (χ0v) is 18.1. The summed E-state index contributed by atoms with van der Waals surface area (Å²) < 4.78 is 1.76. The van der Waals surface area contributed by atoms with Gasteiger partial charge < -0.3 is 4.90 Å². The molecule has 152 valence electrons. The Labute approximate surface area is 173 Å². The van der Waals surface area contributed by atoms with Crippen molar-refractivity contribution >= 4 is 34.1 Å². The van der Waals surface area contributed by atoms with Crippen LogP contribution in [-0.2, 0) is 9.59 Å². The SMILES string of the molecule is Cc1ccc(-c2csc3nc(NC(=O)C4CC(=O)N(C(C)(C)C)C4)nn23)c(C)c1. The van der Waals surface area contributed by atoms with Gasteiger partial charge in [-0.2, -0.15) is 4.98 Å². The predicted octanol–water partition coefficient (Wildman–Crippen LogP) is 3.66. The molecule has 0 aliphatic carbocycles. The molecule has 1 aliphatic rings. The van der Waals surface area contributed by atoms with Crippen molar-refractivity contribution in [1.82, 2.24) is 19.5 Å². The van der Waals surface area contributed by atoms with Crippen LogP contribution in [0.3, 0.4) is 0 Å². The Morgan fingerprint density at radius 3 is 2.69 bits per heavy atom. The Morgan fingerprint density at radius 2 is 2.03 bits per heavy atom. The molecule has 8 heteroatoms. The lowest BCUT2D eigenvalue weighted by molar-refractivity contribution is -0.131. The summed E-state index contributed by atoms with van der Waals surface area (Å²) in [7, 11) is 0. The molecule has 0 saturated carbocycles. The lowest BCUT2D eigenvalue weighted by Gasteiger charge is -2.31. The summed E-state index contributed by atoms with van der Waals surface area (Å²) in [5, 5.41) is 9.32. The van der Waals surface area contributed by atoms with E-state index >= 15 is 0 Å². The van der Waals surface area contributed by atoms with Gasteiger partial charge in [-0.25, -0.2) is 4.52 Å². The first-order valence-corrected chi connectivity index (χ1v) is 10.5. The van der Waals surface area contributed by atoms with E-state index in [1.165, 1.54) is 16.9 Å². The standard InChI is InChI=1S/C21H25N5O2S/c1-12-6-7-15(13(2)8-12)16-11-29-20-23-19(24-26(16)20)22-18(28)14-9-17(27)25(10-14)21(3,4)5/h6-8,11,14H,9-10H2,1-5H3,(H,22,24,28). The second-order valence-electron chi connectivity index (χ2n) is 8.63. The number of aryl methyl sites for hydroxylation is 2. The van der Waals surface area contributed by atoms with Crippen molar-refractivity contribution in [2.45, 2.75) is 46.6 Å². The molecule has 0 spiro atoms. The largest absolute Gasteiger partial charge is 0.337 e. The van der Waals surface area contributed by atoms with Crippen LogP contribution in [-0.4, -0.2) is 43.4 Å². The molecule has 3 aromatic rings. The topological polar surface area (TPSA) is 79.6 Å². The first-order valence-electron chi connectivity index (χ1n) is 9.66. The monoisotopic (exact) mass is 411 g/mol. The van der Waals surface area contributed by atoms with Crippen molar-refractivity contribution in [3.05, 3.63) is 34.7 Å². The van der Waals surface area contributed by atoms with Gasteiger partial charge in [0, 0.05) is 29.4 Å². The molecule has 0 bridgehead atoms. The maximum Gasteiger partial charge on any atom is 0.250 e. The molecule has 1 atom stereocenters. The second kappa shape index (κ2) is 6.95. The van der Waals surface area contributed by atoms with Gasteiger partial charge in [0.25, 0.3) is 0 Å². The Hall–Kier alpha value is -2.74. The maximum absolute atomic E-state index is 12.7. The lowest BCUT2D eigenvalue weighted by atomic mass is 10.0. The van der Waals surface area contributed by atoms with Crippen molar-refractivity contribution in [2.75, 3.05) is 11.9 Å². The number of hydrogen-bond acceptors (Lipinski definition) is 5. The zero-order chi connectivity index (χ0) is 20.9. The molecular weight excluding hydrogens is 386 g/mol. The van der Waals surface area contributed by atoms with E-state index in [-0.39, 0.29) is 35.6 Å². The highest BCUT2D eigenvalue weighted by atomic mass is 32.1. The summed E-state index contributed by atoms with van der Waals surface area (Å²) in [6.45, 7) is 10.5. The minimum Gasteiger partial charge on any atom is -0.337 e. The molecular formula is C21H25N5O2S. The maximum atomic E-state index is 12.7. The number of nitrogens with one attached hydrogen (secondary N) is 1. The van der Waals surface area contributed by atoms with E-state index in [1.54, 1.807) is 9.42 Å². The third-order valence-corrected chi connectivity index (χ3v) is 6.10. The number of nitrogens with zero attached hydrogens (tertiary/aromatic N) is 4. The normalized spacial score (nSPS) is 17.3. The molecule has 2 amide bonds. The molecule has 4 rings (SSSR count). The summed E-state index contributed by atoms with van der Waals surface area (Å²) in [6, 6.07) is 6.29. The molecule has 1 unspecified atom stereocenters. The van der Waals surface area contributed by atoms with Crippen molar-refractivity contribution < 1.29 is 9.59 Å². The number of benzene rings is 1. The van der Waals surface area contributed by atoms with E-state index in [4.69, 9.17) is 0 Å². The van der Waals surface area contributed by atoms with Crippen molar-refractivity contribution in [3.63, 3.8) is 0 Å². The minimum atomic E-state index is -0.387. The van der Waals surface area contributed by atoms with Crippen molar-refractivity contribution in [1.29, 1.82) is 0 Å². The lowest BCUT2D eigenvalue weighted by Crippen LogP contribution is -2.42. The highest BCUT2D eigenvalue weighted by Crippen LogP contribution is 2.30. The summed E-state index contributed by atoms with van der Waals surface area (Å²) in [6.07, 6.45) is 0.221. The number of hydrogen-bond donors (Lipinski definition) is 1. The van der Waals surface area contributed by atoms with Gasteiger partial charge >= 0.3 is 0 Å². The van der Waals surface area contributed by atoms with E-state index in [0.717, 1.165) is 16.8 Å². The van der Waals surface area contributed by atoms with Gasteiger partial charge in [-0.05, 0) is 40.2 Å². The Bertz CT molecular complexity index is 1110. The summed E-state index contributed by atoms with van der Waals surface area (Å²) in [5.74, 6) is -0.318. The number of fused-ring (bicyclic) bond motifs is 1. The highest BCUT2D eigenvalue weighted by Gasteiger charge is 2.39. The summed E-state index contributed by atoms with van der Waals surface area (Å²) >= 11 is 1.48. The molecule has 0 radical (unpaired) electrons. The first kappa shape index (κ1) is 19.6. The van der Waals surface area contributed by atoms with Gasteiger partial charge in [0.15, 0.2) is 0 Å². The van der Waals surface area contributed by atoms with Gasteiger partial charge in [-0.1, -0.05) is 23.8 Å². The van der Waals surface area contributed by atoms with Gasteiger partial charge in [0.05, 0.1) is 11.6 Å². The molecule has 29 heavy (non-hydrogen) atoms. The smallest absolute Gasteiger partial charge is 0.250 e. The molecule has 1 fully saturated rings. The fraction of sp³-hybridized carbons (Fsp3) is 0.429. The molecule has 1 N–H and O–H groups in total. The third kappa shape index (κ3) is 3.64. The first-order chi connectivity index (χ1) is 13.6. The fourth-order valence-corrected chi connectivity index (χ4v) is 4.59. The van der Waals surface area contributed by atoms with Crippen LogP contribution >= 0.6 is 11.3 Å². The summed E-state index contributed by atoms with van der Waals surface area (Å²) in [5.41, 5.74) is 4.12.